The Bertz CT molecular complexity index is 312. The normalized spacial score (nSPS) is 10.8. The number of thiazole rings is 1. The van der Waals surface area contributed by atoms with Crippen molar-refractivity contribution in [2.75, 3.05) is 13.1 Å². The number of carboxylic acid groups (broad SMARTS) is 1. The van der Waals surface area contributed by atoms with Crippen molar-refractivity contribution in [2.45, 2.75) is 20.4 Å². The molecule has 5 heteroatoms. The molecule has 1 rings (SSSR count). The van der Waals surface area contributed by atoms with Crippen LogP contribution in [-0.2, 0) is 11.3 Å². The van der Waals surface area contributed by atoms with E-state index in [-0.39, 0.29) is 6.54 Å². The van der Waals surface area contributed by atoms with Gasteiger partial charge in [-0.3, -0.25) is 9.69 Å². The fourth-order valence-electron chi connectivity index (χ4n) is 1.14. The third-order valence-corrected chi connectivity index (χ3v) is 2.78. The predicted molar refractivity (Wildman–Crippen MR) is 55.4 cm³/mol. The van der Waals surface area contributed by atoms with Gasteiger partial charge < -0.3 is 5.11 Å². The summed E-state index contributed by atoms with van der Waals surface area (Å²) in [5.74, 6) is -0.792. The maximum atomic E-state index is 10.5. The van der Waals surface area contributed by atoms with Crippen LogP contribution < -0.4 is 0 Å². The van der Waals surface area contributed by atoms with Crippen molar-refractivity contribution < 1.29 is 9.90 Å². The van der Waals surface area contributed by atoms with Gasteiger partial charge >= 0.3 is 5.97 Å². The molecule has 0 aliphatic rings. The zero-order valence-corrected chi connectivity index (χ0v) is 9.17. The summed E-state index contributed by atoms with van der Waals surface area (Å²) in [6, 6.07) is 0. The smallest absolute Gasteiger partial charge is 0.317 e. The Morgan fingerprint density at radius 1 is 1.71 bits per heavy atom. The minimum absolute atomic E-state index is 0.0785. The summed E-state index contributed by atoms with van der Waals surface area (Å²) in [6.45, 7) is 5.32. The summed E-state index contributed by atoms with van der Waals surface area (Å²) < 4.78 is 0. The molecule has 0 atom stereocenters. The van der Waals surface area contributed by atoms with Crippen molar-refractivity contribution in [3.8, 4) is 0 Å². The molecule has 0 aliphatic carbocycles. The third kappa shape index (κ3) is 3.43. The monoisotopic (exact) mass is 214 g/mol. The number of likely N-dealkylation sites (N-methyl/N-ethyl adjacent to an activating group) is 1. The number of carbonyl (C=O) groups is 1. The first kappa shape index (κ1) is 11.1. The number of hydrogen-bond acceptors (Lipinski definition) is 4. The Hall–Kier alpha value is -0.940. The molecule has 14 heavy (non-hydrogen) atoms. The van der Waals surface area contributed by atoms with Crippen LogP contribution in [0.1, 0.15) is 17.6 Å². The van der Waals surface area contributed by atoms with E-state index < -0.39 is 5.97 Å². The quantitative estimate of drug-likeness (QED) is 0.804. The van der Waals surface area contributed by atoms with E-state index in [2.05, 4.69) is 4.98 Å². The second-order valence-electron chi connectivity index (χ2n) is 3.08. The van der Waals surface area contributed by atoms with Crippen LogP contribution in [0.2, 0.25) is 0 Å². The number of aromatic nitrogens is 1. The first-order valence-corrected chi connectivity index (χ1v) is 5.35. The Balaban J connectivity index is 2.52. The van der Waals surface area contributed by atoms with Gasteiger partial charge in [0.1, 0.15) is 5.01 Å². The third-order valence-electron chi connectivity index (χ3n) is 1.83. The van der Waals surface area contributed by atoms with E-state index >= 15 is 0 Å². The van der Waals surface area contributed by atoms with E-state index in [1.807, 2.05) is 24.1 Å². The summed E-state index contributed by atoms with van der Waals surface area (Å²) in [5, 5.41) is 11.6. The summed E-state index contributed by atoms with van der Waals surface area (Å²) in [5.41, 5.74) is 0.997. The Kier molecular flexibility index (Phi) is 4.03. The highest BCUT2D eigenvalue weighted by Crippen LogP contribution is 2.11. The van der Waals surface area contributed by atoms with Crippen molar-refractivity contribution in [3.63, 3.8) is 0 Å². The minimum Gasteiger partial charge on any atom is -0.480 e. The molecular formula is C9H14N2O2S. The van der Waals surface area contributed by atoms with E-state index in [0.717, 1.165) is 17.2 Å². The molecule has 0 spiro atoms. The van der Waals surface area contributed by atoms with Crippen LogP contribution in [0.3, 0.4) is 0 Å². The highest BCUT2D eigenvalue weighted by atomic mass is 32.1. The number of rotatable bonds is 5. The molecule has 0 saturated heterocycles. The van der Waals surface area contributed by atoms with E-state index in [1.165, 1.54) is 0 Å². The Morgan fingerprint density at radius 2 is 2.43 bits per heavy atom. The number of carboxylic acids is 1. The van der Waals surface area contributed by atoms with Gasteiger partial charge in [0.25, 0.3) is 0 Å². The molecule has 4 nitrogen and oxygen atoms in total. The molecule has 0 saturated carbocycles. The van der Waals surface area contributed by atoms with Gasteiger partial charge in [-0.05, 0) is 13.5 Å². The molecule has 0 bridgehead atoms. The first-order valence-electron chi connectivity index (χ1n) is 4.47. The average molecular weight is 214 g/mol. The maximum Gasteiger partial charge on any atom is 0.317 e. The van der Waals surface area contributed by atoms with E-state index in [0.29, 0.717) is 6.54 Å². The molecular weight excluding hydrogens is 200 g/mol. The molecule has 0 aliphatic heterocycles. The number of aliphatic carboxylic acids is 1. The first-order chi connectivity index (χ1) is 6.61. The summed E-state index contributed by atoms with van der Waals surface area (Å²) in [6.07, 6.45) is 0. The van der Waals surface area contributed by atoms with Crippen LogP contribution >= 0.6 is 11.3 Å². The molecule has 0 amide bonds. The zero-order chi connectivity index (χ0) is 10.6. The second kappa shape index (κ2) is 5.07. The van der Waals surface area contributed by atoms with Gasteiger partial charge in [-0.25, -0.2) is 4.98 Å². The predicted octanol–water partition coefficient (Wildman–Crippen LogP) is 1.36. The Morgan fingerprint density at radius 3 is 2.86 bits per heavy atom. The fraction of sp³-hybridized carbons (Fsp3) is 0.556. The molecule has 1 N–H and O–H groups in total. The summed E-state index contributed by atoms with van der Waals surface area (Å²) in [7, 11) is 0. The van der Waals surface area contributed by atoms with E-state index in [1.54, 1.807) is 11.3 Å². The molecule has 78 valence electrons. The highest BCUT2D eigenvalue weighted by Gasteiger charge is 2.09. The van der Waals surface area contributed by atoms with Gasteiger partial charge in [0.05, 0.1) is 13.1 Å². The minimum atomic E-state index is -0.792. The molecule has 1 aromatic rings. The van der Waals surface area contributed by atoms with Crippen LogP contribution in [0.4, 0.5) is 0 Å². The van der Waals surface area contributed by atoms with Crippen LogP contribution in [-0.4, -0.2) is 34.0 Å². The molecule has 0 fully saturated rings. The SMILES string of the molecule is CCN(CC(=O)O)Cc1nc(C)cs1. The van der Waals surface area contributed by atoms with Crippen LogP contribution in [0.25, 0.3) is 0 Å². The van der Waals surface area contributed by atoms with Gasteiger partial charge in [0, 0.05) is 11.1 Å². The van der Waals surface area contributed by atoms with Crippen LogP contribution in [0, 0.1) is 6.92 Å². The van der Waals surface area contributed by atoms with Crippen molar-refractivity contribution in [3.05, 3.63) is 16.1 Å². The number of hydrogen-bond donors (Lipinski definition) is 1. The van der Waals surface area contributed by atoms with Crippen LogP contribution in [0.5, 0.6) is 0 Å². The number of nitrogens with zero attached hydrogens (tertiary/aromatic N) is 2. The van der Waals surface area contributed by atoms with Gasteiger partial charge in [-0.15, -0.1) is 11.3 Å². The lowest BCUT2D eigenvalue weighted by molar-refractivity contribution is -0.138. The lowest BCUT2D eigenvalue weighted by Crippen LogP contribution is -2.28. The molecule has 0 unspecified atom stereocenters. The lowest BCUT2D eigenvalue weighted by Gasteiger charge is -2.15. The number of aryl methyl sites for hydroxylation is 1. The van der Waals surface area contributed by atoms with Crippen LogP contribution in [0.15, 0.2) is 5.38 Å². The van der Waals surface area contributed by atoms with Gasteiger partial charge in [-0.1, -0.05) is 6.92 Å². The van der Waals surface area contributed by atoms with Gasteiger partial charge in [0.2, 0.25) is 0 Å². The van der Waals surface area contributed by atoms with E-state index in [9.17, 15) is 4.79 Å². The largest absolute Gasteiger partial charge is 0.480 e. The fourth-order valence-corrected chi connectivity index (χ4v) is 1.95. The summed E-state index contributed by atoms with van der Waals surface area (Å²) >= 11 is 1.57. The second-order valence-corrected chi connectivity index (χ2v) is 4.02. The van der Waals surface area contributed by atoms with Crippen molar-refractivity contribution in [1.29, 1.82) is 0 Å². The standard InChI is InChI=1S/C9H14N2O2S/c1-3-11(5-9(12)13)4-8-10-7(2)6-14-8/h6H,3-5H2,1-2H3,(H,12,13). The lowest BCUT2D eigenvalue weighted by atomic mass is 10.4. The summed E-state index contributed by atoms with van der Waals surface area (Å²) in [4.78, 5) is 16.6. The van der Waals surface area contributed by atoms with Gasteiger partial charge in [-0.2, -0.15) is 0 Å². The molecule has 1 aromatic heterocycles. The zero-order valence-electron chi connectivity index (χ0n) is 8.36. The van der Waals surface area contributed by atoms with Crippen molar-refractivity contribution >= 4 is 17.3 Å². The van der Waals surface area contributed by atoms with E-state index in [4.69, 9.17) is 5.11 Å². The average Bonchev–Trinajstić information content (AvgIpc) is 2.49. The Labute approximate surface area is 87.2 Å². The maximum absolute atomic E-state index is 10.5. The van der Waals surface area contributed by atoms with Crippen molar-refractivity contribution in [2.24, 2.45) is 0 Å². The van der Waals surface area contributed by atoms with Crippen molar-refractivity contribution in [1.82, 2.24) is 9.88 Å². The molecule has 0 aromatic carbocycles. The molecule has 0 radical (unpaired) electrons. The van der Waals surface area contributed by atoms with Gasteiger partial charge in [0.15, 0.2) is 0 Å². The topological polar surface area (TPSA) is 53.4 Å². The molecule has 1 heterocycles. The highest BCUT2D eigenvalue weighted by molar-refractivity contribution is 7.09.